The summed E-state index contributed by atoms with van der Waals surface area (Å²) in [5.41, 5.74) is 4.41. The molecule has 0 unspecified atom stereocenters. The van der Waals surface area contributed by atoms with E-state index in [4.69, 9.17) is 14.5 Å². The smallest absolute Gasteiger partial charge is 0.230 e. The first-order chi connectivity index (χ1) is 14.0. The number of aromatic nitrogens is 1. The molecule has 1 amide bonds. The van der Waals surface area contributed by atoms with Crippen LogP contribution in [0.25, 0.3) is 10.9 Å². The number of nitrogens with zero attached hydrogens (tertiary/aromatic N) is 1. The number of hydrogen-bond donors (Lipinski definition) is 1. The lowest BCUT2D eigenvalue weighted by Gasteiger charge is -2.10. The molecule has 0 aliphatic rings. The Morgan fingerprint density at radius 3 is 2.59 bits per heavy atom. The fraction of sp³-hybridized carbons (Fsp3) is 0.304. The molecule has 1 N–H and O–H groups in total. The van der Waals surface area contributed by atoms with Gasteiger partial charge in [0.25, 0.3) is 0 Å². The standard InChI is InChI=1S/C23H26N2O3S/c1-15-6-5-7-18-16(2)12-22(25-23(15)18)29-14-21(26)24-11-10-17-8-9-19(27-3)20(13-17)28-4/h5-9,12-13H,10-11,14H2,1-4H3,(H,24,26). The van der Waals surface area contributed by atoms with Crippen molar-refractivity contribution in [2.75, 3.05) is 26.5 Å². The van der Waals surface area contributed by atoms with Gasteiger partial charge in [-0.2, -0.15) is 0 Å². The summed E-state index contributed by atoms with van der Waals surface area (Å²) < 4.78 is 10.6. The van der Waals surface area contributed by atoms with Gasteiger partial charge >= 0.3 is 0 Å². The highest BCUT2D eigenvalue weighted by atomic mass is 32.2. The van der Waals surface area contributed by atoms with E-state index in [1.54, 1.807) is 14.2 Å². The molecule has 3 aromatic rings. The summed E-state index contributed by atoms with van der Waals surface area (Å²) in [4.78, 5) is 17.0. The highest BCUT2D eigenvalue weighted by Gasteiger charge is 2.09. The third-order valence-electron chi connectivity index (χ3n) is 4.76. The fourth-order valence-corrected chi connectivity index (χ4v) is 3.97. The Hall–Kier alpha value is -2.73. The summed E-state index contributed by atoms with van der Waals surface area (Å²) in [6, 6.07) is 14.0. The number of nitrogens with one attached hydrogen (secondary N) is 1. The van der Waals surface area contributed by atoms with Gasteiger partial charge in [-0.25, -0.2) is 4.98 Å². The zero-order chi connectivity index (χ0) is 20.8. The maximum Gasteiger partial charge on any atom is 0.230 e. The molecule has 2 aromatic carbocycles. The van der Waals surface area contributed by atoms with Crippen LogP contribution >= 0.6 is 11.8 Å². The van der Waals surface area contributed by atoms with E-state index in [1.165, 1.54) is 17.3 Å². The van der Waals surface area contributed by atoms with Gasteiger partial charge in [0.05, 0.1) is 30.5 Å². The van der Waals surface area contributed by atoms with Crippen molar-refractivity contribution in [3.8, 4) is 11.5 Å². The predicted molar refractivity (Wildman–Crippen MR) is 118 cm³/mol. The minimum atomic E-state index is -0.000176. The summed E-state index contributed by atoms with van der Waals surface area (Å²) in [5, 5.41) is 5.01. The summed E-state index contributed by atoms with van der Waals surface area (Å²) in [7, 11) is 3.23. The largest absolute Gasteiger partial charge is 0.493 e. The number of thioether (sulfide) groups is 1. The van der Waals surface area contributed by atoms with Gasteiger partial charge in [-0.05, 0) is 55.2 Å². The van der Waals surface area contributed by atoms with Gasteiger partial charge in [0.1, 0.15) is 0 Å². The highest BCUT2D eigenvalue weighted by Crippen LogP contribution is 2.28. The van der Waals surface area contributed by atoms with Gasteiger partial charge in [-0.1, -0.05) is 36.0 Å². The average Bonchev–Trinajstić information content (AvgIpc) is 2.73. The molecule has 1 heterocycles. The van der Waals surface area contributed by atoms with Crippen LogP contribution in [0, 0.1) is 13.8 Å². The summed E-state index contributed by atoms with van der Waals surface area (Å²) in [6.07, 6.45) is 0.725. The maximum atomic E-state index is 12.2. The highest BCUT2D eigenvalue weighted by molar-refractivity contribution is 7.99. The van der Waals surface area contributed by atoms with Crippen LogP contribution in [-0.4, -0.2) is 37.4 Å². The monoisotopic (exact) mass is 410 g/mol. The third-order valence-corrected chi connectivity index (χ3v) is 5.67. The van der Waals surface area contributed by atoms with Crippen LogP contribution in [0.1, 0.15) is 16.7 Å². The number of aryl methyl sites for hydroxylation is 2. The molecule has 152 valence electrons. The van der Waals surface area contributed by atoms with Crippen molar-refractivity contribution in [3.05, 3.63) is 59.2 Å². The predicted octanol–water partition coefficient (Wildman–Crippen LogP) is 4.32. The molecule has 0 atom stereocenters. The first-order valence-corrected chi connectivity index (χ1v) is 10.5. The average molecular weight is 411 g/mol. The Kier molecular flexibility index (Phi) is 6.99. The van der Waals surface area contributed by atoms with Gasteiger partial charge in [0, 0.05) is 11.9 Å². The number of carbonyl (C=O) groups excluding carboxylic acids is 1. The van der Waals surface area contributed by atoms with E-state index in [9.17, 15) is 4.79 Å². The van der Waals surface area contributed by atoms with E-state index in [0.717, 1.165) is 33.5 Å². The van der Waals surface area contributed by atoms with Gasteiger partial charge in [-0.3, -0.25) is 4.79 Å². The second kappa shape index (κ2) is 9.65. The minimum Gasteiger partial charge on any atom is -0.493 e. The van der Waals surface area contributed by atoms with Crippen LogP contribution in [0.2, 0.25) is 0 Å². The number of para-hydroxylation sites is 1. The number of methoxy groups -OCH3 is 2. The van der Waals surface area contributed by atoms with Gasteiger partial charge < -0.3 is 14.8 Å². The Balaban J connectivity index is 1.53. The lowest BCUT2D eigenvalue weighted by molar-refractivity contribution is -0.118. The molecule has 0 saturated heterocycles. The quantitative estimate of drug-likeness (QED) is 0.561. The fourth-order valence-electron chi connectivity index (χ4n) is 3.18. The normalized spacial score (nSPS) is 10.8. The molecule has 0 fully saturated rings. The summed E-state index contributed by atoms with van der Waals surface area (Å²) in [5.74, 6) is 1.74. The number of pyridine rings is 1. The van der Waals surface area contributed by atoms with Gasteiger partial charge in [0.2, 0.25) is 5.91 Å². The van der Waals surface area contributed by atoms with Crippen LogP contribution in [0.3, 0.4) is 0 Å². The Labute approximate surface area is 175 Å². The maximum absolute atomic E-state index is 12.2. The van der Waals surface area contributed by atoms with Crippen molar-refractivity contribution < 1.29 is 14.3 Å². The van der Waals surface area contributed by atoms with Crippen molar-refractivity contribution in [2.24, 2.45) is 0 Å². The zero-order valence-electron chi connectivity index (χ0n) is 17.2. The molecule has 0 spiro atoms. The van der Waals surface area contributed by atoms with Crippen LogP contribution in [0.15, 0.2) is 47.5 Å². The molecular weight excluding hydrogens is 384 g/mol. The molecule has 0 aliphatic carbocycles. The molecular formula is C23H26N2O3S. The van der Waals surface area contributed by atoms with Gasteiger partial charge in [-0.15, -0.1) is 0 Å². The molecule has 6 heteroatoms. The van der Waals surface area contributed by atoms with Crippen molar-refractivity contribution in [2.45, 2.75) is 25.3 Å². The summed E-state index contributed by atoms with van der Waals surface area (Å²) in [6.45, 7) is 4.71. The van der Waals surface area contributed by atoms with Crippen LogP contribution in [0.5, 0.6) is 11.5 Å². The molecule has 5 nitrogen and oxygen atoms in total. The first kappa shape index (κ1) is 21.0. The van der Waals surface area contributed by atoms with Crippen LogP contribution < -0.4 is 14.8 Å². The van der Waals surface area contributed by atoms with Gasteiger partial charge in [0.15, 0.2) is 11.5 Å². The number of hydrogen-bond acceptors (Lipinski definition) is 5. The number of benzene rings is 2. The molecule has 3 rings (SSSR count). The minimum absolute atomic E-state index is 0.000176. The lowest BCUT2D eigenvalue weighted by atomic mass is 10.1. The molecule has 0 bridgehead atoms. The number of carbonyl (C=O) groups is 1. The zero-order valence-corrected chi connectivity index (χ0v) is 18.1. The molecule has 0 radical (unpaired) electrons. The lowest BCUT2D eigenvalue weighted by Crippen LogP contribution is -2.27. The van der Waals surface area contributed by atoms with E-state index < -0.39 is 0 Å². The van der Waals surface area contributed by atoms with Crippen LogP contribution in [0.4, 0.5) is 0 Å². The molecule has 1 aromatic heterocycles. The third kappa shape index (κ3) is 5.21. The summed E-state index contributed by atoms with van der Waals surface area (Å²) >= 11 is 1.46. The van der Waals surface area contributed by atoms with Crippen molar-refractivity contribution >= 4 is 28.6 Å². The second-order valence-electron chi connectivity index (χ2n) is 6.83. The Bertz CT molecular complexity index is 1020. The number of ether oxygens (including phenoxy) is 2. The van der Waals surface area contributed by atoms with E-state index in [1.807, 2.05) is 30.3 Å². The molecule has 29 heavy (non-hydrogen) atoms. The van der Waals surface area contributed by atoms with E-state index in [2.05, 4.69) is 31.3 Å². The van der Waals surface area contributed by atoms with E-state index in [-0.39, 0.29) is 5.91 Å². The van der Waals surface area contributed by atoms with Crippen LogP contribution in [-0.2, 0) is 11.2 Å². The molecule has 0 saturated carbocycles. The first-order valence-electron chi connectivity index (χ1n) is 9.49. The van der Waals surface area contributed by atoms with Crippen molar-refractivity contribution in [1.29, 1.82) is 0 Å². The number of rotatable bonds is 8. The topological polar surface area (TPSA) is 60.5 Å². The second-order valence-corrected chi connectivity index (χ2v) is 7.82. The van der Waals surface area contributed by atoms with E-state index in [0.29, 0.717) is 23.8 Å². The van der Waals surface area contributed by atoms with Crippen molar-refractivity contribution in [1.82, 2.24) is 10.3 Å². The van der Waals surface area contributed by atoms with E-state index >= 15 is 0 Å². The Morgan fingerprint density at radius 2 is 1.83 bits per heavy atom. The Morgan fingerprint density at radius 1 is 1.03 bits per heavy atom. The van der Waals surface area contributed by atoms with Crippen molar-refractivity contribution in [3.63, 3.8) is 0 Å². The SMILES string of the molecule is COc1ccc(CCNC(=O)CSc2cc(C)c3cccc(C)c3n2)cc1OC. The number of fused-ring (bicyclic) bond motifs is 1. The molecule has 0 aliphatic heterocycles. The number of amides is 1.